The average molecular weight is 319 g/mol. The number of imidazole rings is 1. The standard InChI is InChI=1S/C15H12BrFN2/c1-8-3-9(2)14-13(4-8)18-15(19-14)10-5-11(16)7-12(17)6-10/h3-7H,1-2H3,(H,18,19). The van der Waals surface area contributed by atoms with Gasteiger partial charge in [0.2, 0.25) is 0 Å². The fraction of sp³-hybridized carbons (Fsp3) is 0.133. The summed E-state index contributed by atoms with van der Waals surface area (Å²) in [5.74, 6) is 0.404. The van der Waals surface area contributed by atoms with Gasteiger partial charge in [-0.1, -0.05) is 22.0 Å². The van der Waals surface area contributed by atoms with Gasteiger partial charge in [-0.25, -0.2) is 9.37 Å². The number of aromatic nitrogens is 2. The SMILES string of the molecule is Cc1cc(C)c2nc(-c3cc(F)cc(Br)c3)[nH]c2c1. The highest BCUT2D eigenvalue weighted by Gasteiger charge is 2.09. The lowest BCUT2D eigenvalue weighted by Crippen LogP contribution is -1.83. The summed E-state index contributed by atoms with van der Waals surface area (Å²) in [6.07, 6.45) is 0. The molecule has 1 N–H and O–H groups in total. The summed E-state index contributed by atoms with van der Waals surface area (Å²) in [6.45, 7) is 4.08. The lowest BCUT2D eigenvalue weighted by molar-refractivity contribution is 0.627. The number of halogens is 2. The van der Waals surface area contributed by atoms with E-state index < -0.39 is 0 Å². The van der Waals surface area contributed by atoms with Gasteiger partial charge in [0.15, 0.2) is 0 Å². The zero-order valence-electron chi connectivity index (χ0n) is 10.6. The number of rotatable bonds is 1. The van der Waals surface area contributed by atoms with Gasteiger partial charge < -0.3 is 4.98 Å². The number of fused-ring (bicyclic) bond motifs is 1. The number of aromatic amines is 1. The van der Waals surface area contributed by atoms with Gasteiger partial charge in [0.05, 0.1) is 11.0 Å². The van der Waals surface area contributed by atoms with E-state index in [9.17, 15) is 4.39 Å². The normalized spacial score (nSPS) is 11.2. The maximum atomic E-state index is 13.4. The minimum atomic E-state index is -0.280. The van der Waals surface area contributed by atoms with E-state index in [0.29, 0.717) is 10.3 Å². The van der Waals surface area contributed by atoms with Crippen molar-refractivity contribution in [2.45, 2.75) is 13.8 Å². The fourth-order valence-electron chi connectivity index (χ4n) is 2.30. The van der Waals surface area contributed by atoms with Crippen LogP contribution in [0.15, 0.2) is 34.8 Å². The third-order valence-electron chi connectivity index (χ3n) is 3.06. The summed E-state index contributed by atoms with van der Waals surface area (Å²) in [6, 6.07) is 8.90. The molecule has 3 aromatic rings. The van der Waals surface area contributed by atoms with Gasteiger partial charge in [-0.05, 0) is 49.2 Å². The van der Waals surface area contributed by atoms with E-state index in [-0.39, 0.29) is 5.82 Å². The van der Waals surface area contributed by atoms with E-state index in [2.05, 4.69) is 32.0 Å². The Morgan fingerprint density at radius 1 is 1.11 bits per heavy atom. The minimum Gasteiger partial charge on any atom is -0.338 e. The van der Waals surface area contributed by atoms with Gasteiger partial charge in [0, 0.05) is 10.0 Å². The van der Waals surface area contributed by atoms with Gasteiger partial charge in [-0.15, -0.1) is 0 Å². The molecule has 0 atom stereocenters. The molecule has 2 aromatic carbocycles. The van der Waals surface area contributed by atoms with Crippen molar-refractivity contribution in [3.8, 4) is 11.4 Å². The van der Waals surface area contributed by atoms with Crippen LogP contribution in [0.2, 0.25) is 0 Å². The van der Waals surface area contributed by atoms with E-state index in [1.165, 1.54) is 17.7 Å². The van der Waals surface area contributed by atoms with Crippen LogP contribution in [0.5, 0.6) is 0 Å². The van der Waals surface area contributed by atoms with Crippen molar-refractivity contribution < 1.29 is 4.39 Å². The van der Waals surface area contributed by atoms with Gasteiger partial charge in [-0.2, -0.15) is 0 Å². The Morgan fingerprint density at radius 3 is 2.63 bits per heavy atom. The predicted octanol–water partition coefficient (Wildman–Crippen LogP) is 4.75. The Labute approximate surface area is 118 Å². The van der Waals surface area contributed by atoms with Crippen molar-refractivity contribution in [2.75, 3.05) is 0 Å². The second-order valence-corrected chi connectivity index (χ2v) is 5.64. The Morgan fingerprint density at radius 2 is 1.89 bits per heavy atom. The quantitative estimate of drug-likeness (QED) is 0.689. The molecule has 0 bridgehead atoms. The molecule has 0 saturated heterocycles. The largest absolute Gasteiger partial charge is 0.338 e. The summed E-state index contributed by atoms with van der Waals surface area (Å²) < 4.78 is 14.1. The van der Waals surface area contributed by atoms with Crippen LogP contribution in [0.4, 0.5) is 4.39 Å². The first kappa shape index (κ1) is 12.4. The number of benzene rings is 2. The van der Waals surface area contributed by atoms with Crippen LogP contribution in [0.25, 0.3) is 22.4 Å². The summed E-state index contributed by atoms with van der Waals surface area (Å²) >= 11 is 3.30. The Balaban J connectivity index is 2.23. The fourth-order valence-corrected chi connectivity index (χ4v) is 2.76. The molecule has 96 valence electrons. The van der Waals surface area contributed by atoms with E-state index in [4.69, 9.17) is 0 Å². The van der Waals surface area contributed by atoms with E-state index in [1.807, 2.05) is 26.0 Å². The van der Waals surface area contributed by atoms with Crippen LogP contribution >= 0.6 is 15.9 Å². The molecule has 3 rings (SSSR count). The molecule has 0 amide bonds. The van der Waals surface area contributed by atoms with Crippen molar-refractivity contribution in [2.24, 2.45) is 0 Å². The highest BCUT2D eigenvalue weighted by Crippen LogP contribution is 2.26. The van der Waals surface area contributed by atoms with Crippen molar-refractivity contribution in [1.82, 2.24) is 9.97 Å². The number of aryl methyl sites for hydroxylation is 2. The van der Waals surface area contributed by atoms with Crippen LogP contribution in [-0.4, -0.2) is 9.97 Å². The smallest absolute Gasteiger partial charge is 0.138 e. The van der Waals surface area contributed by atoms with Crippen LogP contribution in [0.3, 0.4) is 0 Å². The molecular weight excluding hydrogens is 307 g/mol. The highest BCUT2D eigenvalue weighted by molar-refractivity contribution is 9.10. The second kappa shape index (κ2) is 4.46. The molecule has 0 aliphatic rings. The van der Waals surface area contributed by atoms with Crippen LogP contribution in [-0.2, 0) is 0 Å². The Hall–Kier alpha value is -1.68. The van der Waals surface area contributed by atoms with Gasteiger partial charge in [-0.3, -0.25) is 0 Å². The van der Waals surface area contributed by atoms with Crippen LogP contribution in [0, 0.1) is 19.7 Å². The molecule has 0 aliphatic heterocycles. The van der Waals surface area contributed by atoms with Gasteiger partial charge >= 0.3 is 0 Å². The summed E-state index contributed by atoms with van der Waals surface area (Å²) in [7, 11) is 0. The lowest BCUT2D eigenvalue weighted by atomic mass is 10.1. The molecule has 19 heavy (non-hydrogen) atoms. The molecule has 0 aliphatic carbocycles. The summed E-state index contributed by atoms with van der Waals surface area (Å²) in [5.41, 5.74) is 4.95. The van der Waals surface area contributed by atoms with Crippen LogP contribution < -0.4 is 0 Å². The zero-order chi connectivity index (χ0) is 13.6. The molecule has 2 nitrogen and oxygen atoms in total. The number of H-pyrrole nitrogens is 1. The van der Waals surface area contributed by atoms with Crippen molar-refractivity contribution in [1.29, 1.82) is 0 Å². The van der Waals surface area contributed by atoms with E-state index in [1.54, 1.807) is 0 Å². The predicted molar refractivity (Wildman–Crippen MR) is 78.7 cm³/mol. The topological polar surface area (TPSA) is 28.7 Å². The number of hydrogen-bond donors (Lipinski definition) is 1. The first-order chi connectivity index (χ1) is 9.02. The van der Waals surface area contributed by atoms with Crippen LogP contribution in [0.1, 0.15) is 11.1 Å². The number of hydrogen-bond acceptors (Lipinski definition) is 1. The molecule has 1 aromatic heterocycles. The zero-order valence-corrected chi connectivity index (χ0v) is 12.2. The van der Waals surface area contributed by atoms with Crippen molar-refractivity contribution >= 4 is 27.0 Å². The first-order valence-electron chi connectivity index (χ1n) is 5.96. The molecule has 0 radical (unpaired) electrons. The molecule has 0 unspecified atom stereocenters. The van der Waals surface area contributed by atoms with Crippen molar-refractivity contribution in [3.63, 3.8) is 0 Å². The van der Waals surface area contributed by atoms with E-state index >= 15 is 0 Å². The van der Waals surface area contributed by atoms with Gasteiger partial charge in [0.25, 0.3) is 0 Å². The third kappa shape index (κ3) is 2.28. The van der Waals surface area contributed by atoms with Crippen molar-refractivity contribution in [3.05, 3.63) is 51.7 Å². The molecule has 0 saturated carbocycles. The molecular formula is C15H12BrFN2. The maximum absolute atomic E-state index is 13.4. The maximum Gasteiger partial charge on any atom is 0.138 e. The molecule has 0 fully saturated rings. The number of nitrogens with one attached hydrogen (secondary N) is 1. The molecule has 0 spiro atoms. The average Bonchev–Trinajstić information content (AvgIpc) is 2.71. The van der Waals surface area contributed by atoms with E-state index in [0.717, 1.165) is 22.2 Å². The number of nitrogens with zero attached hydrogens (tertiary/aromatic N) is 1. The monoisotopic (exact) mass is 318 g/mol. The Kier molecular flexibility index (Phi) is 2.90. The first-order valence-corrected chi connectivity index (χ1v) is 6.75. The lowest BCUT2D eigenvalue weighted by Gasteiger charge is -1.98. The molecule has 1 heterocycles. The minimum absolute atomic E-state index is 0.280. The molecule has 4 heteroatoms. The summed E-state index contributed by atoms with van der Waals surface area (Å²) in [4.78, 5) is 7.81. The highest BCUT2D eigenvalue weighted by atomic mass is 79.9. The summed E-state index contributed by atoms with van der Waals surface area (Å²) in [5, 5.41) is 0. The van der Waals surface area contributed by atoms with Gasteiger partial charge in [0.1, 0.15) is 11.6 Å². The second-order valence-electron chi connectivity index (χ2n) is 4.72. The third-order valence-corrected chi connectivity index (χ3v) is 3.52. The Bertz CT molecular complexity index is 757.